The van der Waals surface area contributed by atoms with E-state index in [4.69, 9.17) is 9.47 Å². The maximum Gasteiger partial charge on any atom is 0.324 e. The molecule has 0 radical (unpaired) electrons. The first-order valence-electron chi connectivity index (χ1n) is 5.68. The van der Waals surface area contributed by atoms with Crippen LogP contribution in [0.5, 0.6) is 0 Å². The molecule has 16 heavy (non-hydrogen) atoms. The normalized spacial score (nSPS) is 48.6. The van der Waals surface area contributed by atoms with Gasteiger partial charge in [0.25, 0.3) is 0 Å². The first-order valence-corrected chi connectivity index (χ1v) is 5.68. The van der Waals surface area contributed by atoms with Gasteiger partial charge in [-0.05, 0) is 13.3 Å². The molecule has 0 aromatic rings. The Hall–Kier alpha value is -1.16. The number of hydrogen-bond acceptors (Lipinski definition) is 4. The summed E-state index contributed by atoms with van der Waals surface area (Å²) in [5.74, 6) is -0.832. The van der Waals surface area contributed by atoms with E-state index < -0.39 is 22.8 Å². The van der Waals surface area contributed by atoms with Gasteiger partial charge in [-0.25, -0.2) is 0 Å². The van der Waals surface area contributed by atoms with Crippen LogP contribution in [0.1, 0.15) is 26.7 Å². The van der Waals surface area contributed by atoms with Crippen molar-refractivity contribution in [3.05, 3.63) is 12.2 Å². The van der Waals surface area contributed by atoms with Crippen molar-refractivity contribution in [3.63, 3.8) is 0 Å². The summed E-state index contributed by atoms with van der Waals surface area (Å²) in [5, 5.41) is 0. The molecule has 0 aliphatic carbocycles. The van der Waals surface area contributed by atoms with E-state index in [1.807, 2.05) is 19.1 Å². The van der Waals surface area contributed by atoms with Crippen LogP contribution in [0.25, 0.3) is 0 Å². The van der Waals surface area contributed by atoms with E-state index in [0.29, 0.717) is 6.42 Å². The number of rotatable bonds is 2. The maximum atomic E-state index is 12.0. The van der Waals surface area contributed by atoms with E-state index in [-0.39, 0.29) is 12.2 Å². The monoisotopic (exact) mass is 222 g/mol. The number of ether oxygens (including phenoxy) is 2. The zero-order valence-corrected chi connectivity index (χ0v) is 9.36. The number of fused-ring (bicyclic) bond motifs is 5. The van der Waals surface area contributed by atoms with Gasteiger partial charge < -0.3 is 9.47 Å². The van der Waals surface area contributed by atoms with Crippen LogP contribution in [0.3, 0.4) is 0 Å². The summed E-state index contributed by atoms with van der Waals surface area (Å²) in [4.78, 5) is 23.9. The average molecular weight is 222 g/mol. The van der Waals surface area contributed by atoms with E-state index >= 15 is 0 Å². The predicted octanol–water partition coefficient (Wildman–Crippen LogP) is 1.20. The van der Waals surface area contributed by atoms with Gasteiger partial charge in [0.05, 0.1) is 12.2 Å². The topological polar surface area (TPSA) is 52.6 Å². The molecule has 4 unspecified atom stereocenters. The molecule has 4 heteroatoms. The highest BCUT2D eigenvalue weighted by Gasteiger charge is 2.77. The van der Waals surface area contributed by atoms with E-state index in [2.05, 4.69) is 0 Å². The molecule has 0 saturated carbocycles. The van der Waals surface area contributed by atoms with Crippen molar-refractivity contribution in [1.82, 2.24) is 0 Å². The second-order valence-corrected chi connectivity index (χ2v) is 4.96. The fourth-order valence-electron chi connectivity index (χ4n) is 3.41. The van der Waals surface area contributed by atoms with Gasteiger partial charge in [0.2, 0.25) is 0 Å². The quantitative estimate of drug-likeness (QED) is 0.400. The lowest BCUT2D eigenvalue weighted by Gasteiger charge is -2.35. The molecule has 86 valence electrons. The summed E-state index contributed by atoms with van der Waals surface area (Å²) >= 11 is 0. The number of esters is 2. The molecular formula is C12H14O4. The molecule has 0 spiro atoms. The van der Waals surface area contributed by atoms with E-state index in [9.17, 15) is 9.59 Å². The second-order valence-electron chi connectivity index (χ2n) is 4.96. The second kappa shape index (κ2) is 2.74. The highest BCUT2D eigenvalue weighted by Crippen LogP contribution is 2.63. The van der Waals surface area contributed by atoms with Crippen molar-refractivity contribution in [2.75, 3.05) is 0 Å². The molecule has 3 aliphatic rings. The fraction of sp³-hybridized carbons (Fsp3) is 0.667. The minimum atomic E-state index is -0.820. The summed E-state index contributed by atoms with van der Waals surface area (Å²) in [6.07, 6.45) is 4.64. The van der Waals surface area contributed by atoms with Crippen LogP contribution in [-0.4, -0.2) is 24.1 Å². The summed E-state index contributed by atoms with van der Waals surface area (Å²) in [6, 6.07) is 0. The number of hydrogen-bond donors (Lipinski definition) is 0. The van der Waals surface area contributed by atoms with Crippen molar-refractivity contribution in [3.8, 4) is 0 Å². The number of carbonyl (C=O) groups excluding carboxylic acids is 2. The molecule has 3 heterocycles. The average Bonchev–Trinajstić information content (AvgIpc) is 2.84. The molecule has 2 bridgehead atoms. The fourth-order valence-corrected chi connectivity index (χ4v) is 3.41. The van der Waals surface area contributed by atoms with Gasteiger partial charge in [-0.3, -0.25) is 9.59 Å². The summed E-state index contributed by atoms with van der Waals surface area (Å²) in [7, 11) is 0. The molecule has 2 saturated heterocycles. The Morgan fingerprint density at radius 3 is 2.62 bits per heavy atom. The van der Waals surface area contributed by atoms with E-state index in [1.165, 1.54) is 0 Å². The third kappa shape index (κ3) is 0.755. The first-order chi connectivity index (χ1) is 7.57. The Labute approximate surface area is 93.6 Å². The smallest absolute Gasteiger partial charge is 0.324 e. The summed E-state index contributed by atoms with van der Waals surface area (Å²) in [5.41, 5.74) is -1.60. The molecule has 0 aromatic carbocycles. The van der Waals surface area contributed by atoms with Crippen molar-refractivity contribution in [2.24, 2.45) is 10.8 Å². The molecule has 2 fully saturated rings. The lowest BCUT2D eigenvalue weighted by Crippen LogP contribution is -2.49. The Bertz CT molecular complexity index is 413. The van der Waals surface area contributed by atoms with Gasteiger partial charge in [0.1, 0.15) is 10.8 Å². The SMILES string of the molecule is CCCC12C(=O)OC(=O)C1(C)C1C=CC2O1. The van der Waals surface area contributed by atoms with Gasteiger partial charge in [-0.2, -0.15) is 0 Å². The van der Waals surface area contributed by atoms with Crippen LogP contribution in [0.4, 0.5) is 0 Å². The molecule has 0 amide bonds. The minimum absolute atomic E-state index is 0.290. The largest absolute Gasteiger partial charge is 0.392 e. The summed E-state index contributed by atoms with van der Waals surface area (Å²) < 4.78 is 10.6. The van der Waals surface area contributed by atoms with Gasteiger partial charge in [0, 0.05) is 0 Å². The molecule has 4 atom stereocenters. The van der Waals surface area contributed by atoms with Gasteiger partial charge in [-0.15, -0.1) is 0 Å². The predicted molar refractivity (Wildman–Crippen MR) is 54.3 cm³/mol. The van der Waals surface area contributed by atoms with Gasteiger partial charge in [0.15, 0.2) is 0 Å². The van der Waals surface area contributed by atoms with Crippen LogP contribution < -0.4 is 0 Å². The van der Waals surface area contributed by atoms with Crippen molar-refractivity contribution < 1.29 is 19.1 Å². The van der Waals surface area contributed by atoms with Crippen LogP contribution in [-0.2, 0) is 19.1 Å². The maximum absolute atomic E-state index is 12.0. The molecular weight excluding hydrogens is 208 g/mol. The zero-order chi connectivity index (χ0) is 11.6. The van der Waals surface area contributed by atoms with E-state index in [1.54, 1.807) is 6.92 Å². The van der Waals surface area contributed by atoms with Gasteiger partial charge >= 0.3 is 11.9 Å². The van der Waals surface area contributed by atoms with E-state index in [0.717, 1.165) is 6.42 Å². The van der Waals surface area contributed by atoms with Crippen LogP contribution >= 0.6 is 0 Å². The number of cyclic esters (lactones) is 2. The standard InChI is InChI=1S/C12H14O4/c1-3-6-12-8-5-4-7(15-8)11(12,2)9(13)16-10(12)14/h4-5,7-8H,3,6H2,1-2H3. The van der Waals surface area contributed by atoms with Crippen LogP contribution in [0, 0.1) is 10.8 Å². The Morgan fingerprint density at radius 1 is 1.25 bits per heavy atom. The van der Waals surface area contributed by atoms with Crippen molar-refractivity contribution in [1.29, 1.82) is 0 Å². The minimum Gasteiger partial charge on any atom is -0.392 e. The zero-order valence-electron chi connectivity index (χ0n) is 9.36. The number of carbonyl (C=O) groups is 2. The Kier molecular flexibility index (Phi) is 1.72. The highest BCUT2D eigenvalue weighted by atomic mass is 16.6. The molecule has 0 N–H and O–H groups in total. The first kappa shape index (κ1) is 10.0. The molecule has 3 rings (SSSR count). The summed E-state index contributed by atoms with van der Waals surface area (Å²) in [6.45, 7) is 3.80. The highest BCUT2D eigenvalue weighted by molar-refractivity contribution is 6.03. The molecule has 4 nitrogen and oxygen atoms in total. The van der Waals surface area contributed by atoms with Crippen LogP contribution in [0.15, 0.2) is 12.2 Å². The molecule has 0 aromatic heterocycles. The lowest BCUT2D eigenvalue weighted by molar-refractivity contribution is -0.159. The van der Waals surface area contributed by atoms with Crippen molar-refractivity contribution in [2.45, 2.75) is 38.9 Å². The molecule has 3 aliphatic heterocycles. The van der Waals surface area contributed by atoms with Gasteiger partial charge in [-0.1, -0.05) is 25.5 Å². The lowest BCUT2D eigenvalue weighted by atomic mass is 9.58. The Morgan fingerprint density at radius 2 is 1.94 bits per heavy atom. The van der Waals surface area contributed by atoms with Crippen molar-refractivity contribution >= 4 is 11.9 Å². The Balaban J connectivity index is 2.19. The third-order valence-electron chi connectivity index (χ3n) is 4.35. The van der Waals surface area contributed by atoms with Crippen LogP contribution in [0.2, 0.25) is 0 Å². The third-order valence-corrected chi connectivity index (χ3v) is 4.35.